The van der Waals surface area contributed by atoms with Gasteiger partial charge in [-0.05, 0) is 52.6 Å². The van der Waals surface area contributed by atoms with Crippen molar-refractivity contribution in [2.24, 2.45) is 5.92 Å². The fourth-order valence-electron chi connectivity index (χ4n) is 1.46. The molecule has 1 heterocycles. The largest absolute Gasteiger partial charge is 0.393 e. The fraction of sp³-hybridized carbons (Fsp3) is 0.636. The standard InChI is InChI=1S/C11H17BrOS/c1-8(2)7-9(13)3-4-11-10(12)5-6-14-11/h5-6,8-9,13H,3-4,7H2,1-2H3. The van der Waals surface area contributed by atoms with Gasteiger partial charge in [-0.2, -0.15) is 0 Å². The van der Waals surface area contributed by atoms with Gasteiger partial charge in [0.2, 0.25) is 0 Å². The molecule has 1 aromatic rings. The maximum absolute atomic E-state index is 9.70. The third kappa shape index (κ3) is 4.11. The Morgan fingerprint density at radius 2 is 2.21 bits per heavy atom. The normalized spacial score (nSPS) is 13.5. The van der Waals surface area contributed by atoms with Crippen molar-refractivity contribution in [2.45, 2.75) is 39.2 Å². The Morgan fingerprint density at radius 3 is 2.71 bits per heavy atom. The van der Waals surface area contributed by atoms with E-state index in [1.165, 1.54) is 9.35 Å². The highest BCUT2D eigenvalue weighted by Crippen LogP contribution is 2.24. The van der Waals surface area contributed by atoms with Crippen LogP contribution in [0.3, 0.4) is 0 Å². The highest BCUT2D eigenvalue weighted by Gasteiger charge is 2.08. The first-order chi connectivity index (χ1) is 6.59. The third-order valence-electron chi connectivity index (χ3n) is 2.14. The van der Waals surface area contributed by atoms with Crippen LogP contribution in [0, 0.1) is 5.92 Å². The summed E-state index contributed by atoms with van der Waals surface area (Å²) >= 11 is 5.25. The van der Waals surface area contributed by atoms with Crippen LogP contribution in [0.4, 0.5) is 0 Å². The average molecular weight is 277 g/mol. The summed E-state index contributed by atoms with van der Waals surface area (Å²) in [5.41, 5.74) is 0. The molecule has 1 atom stereocenters. The zero-order chi connectivity index (χ0) is 10.6. The SMILES string of the molecule is CC(C)CC(O)CCc1sccc1Br. The Hall–Kier alpha value is 0.140. The van der Waals surface area contributed by atoms with Crippen molar-refractivity contribution in [2.75, 3.05) is 0 Å². The summed E-state index contributed by atoms with van der Waals surface area (Å²) in [6, 6.07) is 2.06. The maximum Gasteiger partial charge on any atom is 0.0546 e. The Balaban J connectivity index is 2.30. The van der Waals surface area contributed by atoms with E-state index in [9.17, 15) is 5.11 Å². The van der Waals surface area contributed by atoms with E-state index in [0.717, 1.165) is 19.3 Å². The number of aliphatic hydroxyl groups is 1. The third-order valence-corrected chi connectivity index (χ3v) is 4.13. The second-order valence-electron chi connectivity index (χ2n) is 4.01. The Morgan fingerprint density at radius 1 is 1.50 bits per heavy atom. The van der Waals surface area contributed by atoms with Gasteiger partial charge in [0.25, 0.3) is 0 Å². The molecule has 3 heteroatoms. The first-order valence-electron chi connectivity index (χ1n) is 4.99. The summed E-state index contributed by atoms with van der Waals surface area (Å²) in [4.78, 5) is 1.34. The monoisotopic (exact) mass is 276 g/mol. The van der Waals surface area contributed by atoms with Crippen molar-refractivity contribution in [1.82, 2.24) is 0 Å². The molecule has 0 aliphatic heterocycles. The summed E-state index contributed by atoms with van der Waals surface area (Å²) in [7, 11) is 0. The van der Waals surface area contributed by atoms with Crippen molar-refractivity contribution in [1.29, 1.82) is 0 Å². The number of aryl methyl sites for hydroxylation is 1. The van der Waals surface area contributed by atoms with Crippen molar-refractivity contribution >= 4 is 27.3 Å². The molecule has 1 N–H and O–H groups in total. The van der Waals surface area contributed by atoms with Gasteiger partial charge >= 0.3 is 0 Å². The highest BCUT2D eigenvalue weighted by atomic mass is 79.9. The van der Waals surface area contributed by atoms with Gasteiger partial charge < -0.3 is 5.11 Å². The van der Waals surface area contributed by atoms with E-state index in [1.54, 1.807) is 11.3 Å². The molecule has 1 aromatic heterocycles. The van der Waals surface area contributed by atoms with Crippen LogP contribution in [0.15, 0.2) is 15.9 Å². The zero-order valence-corrected chi connectivity index (χ0v) is 11.1. The van der Waals surface area contributed by atoms with Crippen LogP contribution in [0.1, 0.15) is 31.6 Å². The minimum absolute atomic E-state index is 0.149. The maximum atomic E-state index is 9.70. The Bertz CT molecular complexity index is 270. The van der Waals surface area contributed by atoms with E-state index in [0.29, 0.717) is 5.92 Å². The molecular formula is C11H17BrOS. The van der Waals surface area contributed by atoms with Crippen LogP contribution in [0.5, 0.6) is 0 Å². The number of thiophene rings is 1. The molecule has 0 aliphatic rings. The molecule has 0 radical (unpaired) electrons. The summed E-state index contributed by atoms with van der Waals surface area (Å²) in [6.45, 7) is 4.29. The van der Waals surface area contributed by atoms with Crippen molar-refractivity contribution < 1.29 is 5.11 Å². The van der Waals surface area contributed by atoms with Crippen molar-refractivity contribution in [3.63, 3.8) is 0 Å². The van der Waals surface area contributed by atoms with Crippen LogP contribution in [0.25, 0.3) is 0 Å². The molecule has 0 amide bonds. The van der Waals surface area contributed by atoms with Gasteiger partial charge in [0.15, 0.2) is 0 Å². The Labute approximate surface area is 98.3 Å². The molecule has 0 aliphatic carbocycles. The van der Waals surface area contributed by atoms with Gasteiger partial charge in [0, 0.05) is 9.35 Å². The van der Waals surface area contributed by atoms with E-state index in [4.69, 9.17) is 0 Å². The molecule has 1 unspecified atom stereocenters. The lowest BCUT2D eigenvalue weighted by Crippen LogP contribution is -2.10. The average Bonchev–Trinajstić information content (AvgIpc) is 2.46. The lowest BCUT2D eigenvalue weighted by atomic mass is 10.0. The predicted octanol–water partition coefficient (Wildman–Crippen LogP) is 3.85. The molecule has 0 fully saturated rings. The minimum atomic E-state index is -0.149. The lowest BCUT2D eigenvalue weighted by molar-refractivity contribution is 0.140. The molecule has 1 nitrogen and oxygen atoms in total. The van der Waals surface area contributed by atoms with E-state index < -0.39 is 0 Å². The van der Waals surface area contributed by atoms with Gasteiger partial charge in [-0.25, -0.2) is 0 Å². The predicted molar refractivity (Wildman–Crippen MR) is 65.8 cm³/mol. The van der Waals surface area contributed by atoms with Crippen LogP contribution >= 0.6 is 27.3 Å². The number of aliphatic hydroxyl groups excluding tert-OH is 1. The van der Waals surface area contributed by atoms with Gasteiger partial charge in [-0.3, -0.25) is 0 Å². The van der Waals surface area contributed by atoms with E-state index in [1.807, 2.05) is 0 Å². The Kier molecular flexibility index (Phi) is 5.13. The first-order valence-corrected chi connectivity index (χ1v) is 6.66. The molecule has 80 valence electrons. The summed E-state index contributed by atoms with van der Waals surface area (Å²) in [5, 5.41) is 11.8. The molecule has 0 bridgehead atoms. The molecule has 0 aromatic carbocycles. The van der Waals surface area contributed by atoms with Gasteiger partial charge in [-0.1, -0.05) is 13.8 Å². The van der Waals surface area contributed by atoms with Crippen LogP contribution in [0.2, 0.25) is 0 Å². The minimum Gasteiger partial charge on any atom is -0.393 e. The van der Waals surface area contributed by atoms with Gasteiger partial charge in [0.1, 0.15) is 0 Å². The molecule has 1 rings (SSSR count). The fourth-order valence-corrected chi connectivity index (χ4v) is 3.03. The van der Waals surface area contributed by atoms with Crippen LogP contribution in [-0.2, 0) is 6.42 Å². The van der Waals surface area contributed by atoms with Crippen LogP contribution < -0.4 is 0 Å². The molecule has 0 spiro atoms. The van der Waals surface area contributed by atoms with Gasteiger partial charge in [-0.15, -0.1) is 11.3 Å². The van der Waals surface area contributed by atoms with E-state index in [2.05, 4.69) is 41.2 Å². The van der Waals surface area contributed by atoms with Gasteiger partial charge in [0.05, 0.1) is 6.10 Å². The summed E-state index contributed by atoms with van der Waals surface area (Å²) in [5.74, 6) is 0.580. The second-order valence-corrected chi connectivity index (χ2v) is 5.87. The number of hydrogen-bond acceptors (Lipinski definition) is 2. The first kappa shape index (κ1) is 12.2. The van der Waals surface area contributed by atoms with Crippen molar-refractivity contribution in [3.05, 3.63) is 20.8 Å². The number of halogens is 1. The van der Waals surface area contributed by atoms with E-state index in [-0.39, 0.29) is 6.10 Å². The number of hydrogen-bond donors (Lipinski definition) is 1. The lowest BCUT2D eigenvalue weighted by Gasteiger charge is -2.12. The smallest absolute Gasteiger partial charge is 0.0546 e. The molecule has 14 heavy (non-hydrogen) atoms. The quantitative estimate of drug-likeness (QED) is 0.866. The summed E-state index contributed by atoms with van der Waals surface area (Å²) in [6.07, 6.45) is 2.61. The van der Waals surface area contributed by atoms with E-state index >= 15 is 0 Å². The molecular weight excluding hydrogens is 260 g/mol. The number of rotatable bonds is 5. The van der Waals surface area contributed by atoms with Crippen molar-refractivity contribution in [3.8, 4) is 0 Å². The topological polar surface area (TPSA) is 20.2 Å². The molecule has 0 saturated heterocycles. The highest BCUT2D eigenvalue weighted by molar-refractivity contribution is 9.10. The molecule has 0 saturated carbocycles. The second kappa shape index (κ2) is 5.89. The van der Waals surface area contributed by atoms with Crippen LogP contribution in [-0.4, -0.2) is 11.2 Å². The summed E-state index contributed by atoms with van der Waals surface area (Å²) < 4.78 is 1.18. The zero-order valence-electron chi connectivity index (χ0n) is 8.66.